The summed E-state index contributed by atoms with van der Waals surface area (Å²) >= 11 is 1.51. The molecule has 0 unspecified atom stereocenters. The predicted octanol–water partition coefficient (Wildman–Crippen LogP) is 2.31. The quantitative estimate of drug-likeness (QED) is 0.843. The number of hydrogen-bond acceptors (Lipinski definition) is 7. The van der Waals surface area contributed by atoms with E-state index in [1.807, 2.05) is 31.1 Å². The van der Waals surface area contributed by atoms with Crippen molar-refractivity contribution in [1.82, 2.24) is 25.0 Å². The molecular weight excluding hydrogens is 326 g/mol. The van der Waals surface area contributed by atoms with Gasteiger partial charge in [-0.1, -0.05) is 13.8 Å². The first kappa shape index (κ1) is 17.0. The molecule has 8 heteroatoms. The molecule has 0 saturated carbocycles. The summed E-state index contributed by atoms with van der Waals surface area (Å²) in [6, 6.07) is 0. The van der Waals surface area contributed by atoms with Gasteiger partial charge in [0.15, 0.2) is 0 Å². The van der Waals surface area contributed by atoms with E-state index >= 15 is 0 Å². The van der Waals surface area contributed by atoms with E-state index in [4.69, 9.17) is 4.42 Å². The maximum atomic E-state index is 12.5. The Morgan fingerprint density at radius 3 is 2.79 bits per heavy atom. The second kappa shape index (κ2) is 7.40. The minimum Gasteiger partial charge on any atom is -0.424 e. The van der Waals surface area contributed by atoms with Crippen molar-refractivity contribution in [1.29, 1.82) is 0 Å². The molecule has 3 heterocycles. The molecule has 0 radical (unpaired) electrons. The van der Waals surface area contributed by atoms with Gasteiger partial charge in [0, 0.05) is 37.5 Å². The fourth-order valence-electron chi connectivity index (χ4n) is 2.71. The van der Waals surface area contributed by atoms with Gasteiger partial charge >= 0.3 is 0 Å². The number of rotatable bonds is 4. The Morgan fingerprint density at radius 2 is 2.12 bits per heavy atom. The molecular formula is C16H23N5O2S. The molecule has 0 aromatic carbocycles. The highest BCUT2D eigenvalue weighted by Gasteiger charge is 2.23. The third-order valence-corrected chi connectivity index (χ3v) is 4.82. The fourth-order valence-corrected chi connectivity index (χ4v) is 3.30. The van der Waals surface area contributed by atoms with Crippen LogP contribution in [0.25, 0.3) is 0 Å². The molecule has 1 aliphatic rings. The molecule has 130 valence electrons. The van der Waals surface area contributed by atoms with Crippen LogP contribution in [0.3, 0.4) is 0 Å². The first-order valence-corrected chi connectivity index (χ1v) is 9.17. The highest BCUT2D eigenvalue weighted by atomic mass is 32.1. The van der Waals surface area contributed by atoms with Gasteiger partial charge in [0.2, 0.25) is 11.8 Å². The van der Waals surface area contributed by atoms with Crippen molar-refractivity contribution in [3.8, 4) is 0 Å². The first-order chi connectivity index (χ1) is 11.5. The molecule has 0 atom stereocenters. The second-order valence-electron chi connectivity index (χ2n) is 6.36. The van der Waals surface area contributed by atoms with Crippen molar-refractivity contribution in [2.24, 2.45) is 0 Å². The lowest BCUT2D eigenvalue weighted by atomic mass is 10.2. The van der Waals surface area contributed by atoms with Crippen molar-refractivity contribution >= 4 is 17.2 Å². The van der Waals surface area contributed by atoms with E-state index in [1.165, 1.54) is 11.3 Å². The van der Waals surface area contributed by atoms with Crippen LogP contribution in [-0.4, -0.2) is 57.1 Å². The van der Waals surface area contributed by atoms with Crippen LogP contribution in [0, 0.1) is 6.92 Å². The normalized spacial score (nSPS) is 16.6. The molecule has 3 rings (SSSR count). The molecule has 0 N–H and O–H groups in total. The summed E-state index contributed by atoms with van der Waals surface area (Å²) in [4.78, 5) is 21.0. The van der Waals surface area contributed by atoms with E-state index in [1.54, 1.807) is 0 Å². The first-order valence-electron chi connectivity index (χ1n) is 8.29. The molecule has 1 aliphatic heterocycles. The molecule has 2 aromatic heterocycles. The largest absolute Gasteiger partial charge is 0.424 e. The van der Waals surface area contributed by atoms with Gasteiger partial charge in [0.05, 0.1) is 11.6 Å². The van der Waals surface area contributed by atoms with Crippen LogP contribution in [0.4, 0.5) is 0 Å². The van der Waals surface area contributed by atoms with Gasteiger partial charge in [-0.15, -0.1) is 21.5 Å². The average Bonchev–Trinajstić information content (AvgIpc) is 3.12. The Hall–Kier alpha value is -1.80. The number of thiazole rings is 1. The molecule has 0 aliphatic carbocycles. The van der Waals surface area contributed by atoms with Gasteiger partial charge in [0.25, 0.3) is 5.91 Å². The van der Waals surface area contributed by atoms with Crippen LogP contribution in [0.5, 0.6) is 0 Å². The minimum absolute atomic E-state index is 0.0288. The fraction of sp³-hybridized carbons (Fsp3) is 0.625. The smallest absolute Gasteiger partial charge is 0.273 e. The van der Waals surface area contributed by atoms with E-state index in [0.29, 0.717) is 30.6 Å². The van der Waals surface area contributed by atoms with Crippen LogP contribution in [0.1, 0.15) is 53.5 Å². The lowest BCUT2D eigenvalue weighted by Gasteiger charge is -2.20. The topological polar surface area (TPSA) is 75.4 Å². The van der Waals surface area contributed by atoms with E-state index in [2.05, 4.69) is 20.1 Å². The summed E-state index contributed by atoms with van der Waals surface area (Å²) in [7, 11) is 0. The van der Waals surface area contributed by atoms with Gasteiger partial charge in [-0.3, -0.25) is 9.69 Å². The Morgan fingerprint density at radius 1 is 1.29 bits per heavy atom. The predicted molar refractivity (Wildman–Crippen MR) is 91.0 cm³/mol. The summed E-state index contributed by atoms with van der Waals surface area (Å²) in [5.41, 5.74) is 0.560. The van der Waals surface area contributed by atoms with Crippen LogP contribution < -0.4 is 0 Å². The molecule has 24 heavy (non-hydrogen) atoms. The summed E-state index contributed by atoms with van der Waals surface area (Å²) in [6.45, 7) is 9.79. The summed E-state index contributed by atoms with van der Waals surface area (Å²) in [6.07, 6.45) is 0.931. The monoisotopic (exact) mass is 349 g/mol. The van der Waals surface area contributed by atoms with Crippen molar-refractivity contribution in [2.45, 2.75) is 39.7 Å². The number of nitrogens with zero attached hydrogens (tertiary/aromatic N) is 5. The second-order valence-corrected chi connectivity index (χ2v) is 7.42. The minimum atomic E-state index is 0.0288. The van der Waals surface area contributed by atoms with Gasteiger partial charge in [0.1, 0.15) is 5.69 Å². The van der Waals surface area contributed by atoms with Gasteiger partial charge < -0.3 is 9.32 Å². The third kappa shape index (κ3) is 3.99. The molecule has 1 saturated heterocycles. The summed E-state index contributed by atoms with van der Waals surface area (Å²) < 4.78 is 5.68. The van der Waals surface area contributed by atoms with E-state index in [0.717, 1.165) is 31.1 Å². The molecule has 0 bridgehead atoms. The Balaban J connectivity index is 1.57. The maximum Gasteiger partial charge on any atom is 0.273 e. The zero-order valence-corrected chi connectivity index (χ0v) is 15.2. The molecule has 7 nitrogen and oxygen atoms in total. The average molecular weight is 349 g/mol. The summed E-state index contributed by atoms with van der Waals surface area (Å²) in [5, 5.41) is 11.0. The molecule has 1 amide bonds. The van der Waals surface area contributed by atoms with Crippen molar-refractivity contribution in [2.75, 3.05) is 26.2 Å². The van der Waals surface area contributed by atoms with Crippen LogP contribution in [0.15, 0.2) is 9.80 Å². The Labute approximate surface area is 145 Å². The zero-order chi connectivity index (χ0) is 17.1. The Kier molecular flexibility index (Phi) is 5.25. The van der Waals surface area contributed by atoms with E-state index < -0.39 is 0 Å². The SMILES string of the molecule is Cc1nc(C(=O)N2CCCN(Cc3nnc(C(C)C)o3)CC2)cs1. The maximum absolute atomic E-state index is 12.5. The molecule has 2 aromatic rings. The number of amides is 1. The molecule has 0 spiro atoms. The Bertz CT molecular complexity index is 696. The van der Waals surface area contributed by atoms with E-state index in [-0.39, 0.29) is 11.8 Å². The molecule has 1 fully saturated rings. The lowest BCUT2D eigenvalue weighted by molar-refractivity contribution is 0.0755. The number of carbonyl (C=O) groups excluding carboxylic acids is 1. The van der Waals surface area contributed by atoms with Crippen molar-refractivity contribution in [3.63, 3.8) is 0 Å². The number of carbonyl (C=O) groups is 1. The van der Waals surface area contributed by atoms with E-state index in [9.17, 15) is 4.79 Å². The van der Waals surface area contributed by atoms with Crippen LogP contribution >= 0.6 is 11.3 Å². The van der Waals surface area contributed by atoms with Crippen LogP contribution in [0.2, 0.25) is 0 Å². The van der Waals surface area contributed by atoms with Gasteiger partial charge in [-0.25, -0.2) is 4.98 Å². The highest BCUT2D eigenvalue weighted by molar-refractivity contribution is 7.09. The van der Waals surface area contributed by atoms with Gasteiger partial charge in [-0.05, 0) is 13.3 Å². The van der Waals surface area contributed by atoms with Gasteiger partial charge in [-0.2, -0.15) is 0 Å². The van der Waals surface area contributed by atoms with Crippen molar-refractivity contribution in [3.05, 3.63) is 27.9 Å². The zero-order valence-electron chi connectivity index (χ0n) is 14.4. The number of hydrogen-bond donors (Lipinski definition) is 0. The highest BCUT2D eigenvalue weighted by Crippen LogP contribution is 2.16. The number of aryl methyl sites for hydroxylation is 1. The third-order valence-electron chi connectivity index (χ3n) is 4.05. The standard InChI is InChI=1S/C16H23N5O2S/c1-11(2)15-19-18-14(23-15)9-20-5-4-6-21(8-7-20)16(22)13-10-24-12(3)17-13/h10-11H,4-9H2,1-3H3. The summed E-state index contributed by atoms with van der Waals surface area (Å²) in [5.74, 6) is 1.59. The number of aromatic nitrogens is 3. The van der Waals surface area contributed by atoms with Crippen molar-refractivity contribution < 1.29 is 9.21 Å². The lowest BCUT2D eigenvalue weighted by Crippen LogP contribution is -2.35. The van der Waals surface area contributed by atoms with Crippen LogP contribution in [-0.2, 0) is 6.54 Å².